The summed E-state index contributed by atoms with van der Waals surface area (Å²) in [7, 11) is 0. The maximum absolute atomic E-state index is 12.2. The zero-order valence-corrected chi connectivity index (χ0v) is 14.7. The van der Waals surface area contributed by atoms with Gasteiger partial charge in [0.2, 0.25) is 5.76 Å². The van der Waals surface area contributed by atoms with Gasteiger partial charge in [0.25, 0.3) is 0 Å². The van der Waals surface area contributed by atoms with Gasteiger partial charge in [0.05, 0.1) is 17.1 Å². The van der Waals surface area contributed by atoms with Gasteiger partial charge in [0.15, 0.2) is 0 Å². The second-order valence-corrected chi connectivity index (χ2v) is 6.06. The highest BCUT2D eigenvalue weighted by molar-refractivity contribution is 5.86. The number of ether oxygens (including phenoxy) is 1. The van der Waals surface area contributed by atoms with Crippen LogP contribution in [0.25, 0.3) is 16.9 Å². The van der Waals surface area contributed by atoms with E-state index in [4.69, 9.17) is 14.4 Å². The molecule has 2 heterocycles. The molecule has 0 atom stereocenters. The minimum atomic E-state index is -0.554. The highest BCUT2D eigenvalue weighted by Gasteiger charge is 2.17. The van der Waals surface area contributed by atoms with Crippen LogP contribution in [0.4, 0.5) is 0 Å². The number of esters is 1. The van der Waals surface area contributed by atoms with Crippen molar-refractivity contribution < 1.29 is 14.1 Å². The van der Waals surface area contributed by atoms with Crippen LogP contribution >= 0.6 is 0 Å². The molecule has 0 saturated carbocycles. The molecule has 6 nitrogen and oxygen atoms in total. The van der Waals surface area contributed by atoms with Gasteiger partial charge in [-0.25, -0.2) is 9.48 Å². The van der Waals surface area contributed by atoms with E-state index in [1.807, 2.05) is 66.9 Å². The molecule has 0 fully saturated rings. The maximum atomic E-state index is 12.2. The molecule has 6 heteroatoms. The van der Waals surface area contributed by atoms with Gasteiger partial charge in [-0.1, -0.05) is 53.7 Å². The smallest absolute Gasteiger partial charge is 0.377 e. The highest BCUT2D eigenvalue weighted by atomic mass is 16.6. The molecular weight excluding hydrogens is 342 g/mol. The van der Waals surface area contributed by atoms with Crippen LogP contribution in [0.3, 0.4) is 0 Å². The van der Waals surface area contributed by atoms with Gasteiger partial charge in [0.1, 0.15) is 6.61 Å². The molecule has 0 aliphatic rings. The number of carbonyl (C=O) groups excluding carboxylic acids is 1. The zero-order chi connectivity index (χ0) is 18.6. The van der Waals surface area contributed by atoms with Gasteiger partial charge in [0, 0.05) is 23.4 Å². The van der Waals surface area contributed by atoms with E-state index in [1.54, 1.807) is 17.7 Å². The first-order valence-corrected chi connectivity index (χ1v) is 8.50. The van der Waals surface area contributed by atoms with Gasteiger partial charge in [-0.05, 0) is 19.1 Å². The number of hydrogen-bond acceptors (Lipinski definition) is 5. The van der Waals surface area contributed by atoms with Gasteiger partial charge in [-0.15, -0.1) is 0 Å². The van der Waals surface area contributed by atoms with Crippen molar-refractivity contribution in [2.75, 3.05) is 0 Å². The molecule has 0 N–H and O–H groups in total. The van der Waals surface area contributed by atoms with E-state index in [2.05, 4.69) is 5.16 Å². The second-order valence-electron chi connectivity index (χ2n) is 6.06. The van der Waals surface area contributed by atoms with Gasteiger partial charge >= 0.3 is 5.97 Å². The number of aromatic nitrogens is 3. The van der Waals surface area contributed by atoms with Gasteiger partial charge < -0.3 is 9.26 Å². The number of nitrogens with zero attached hydrogens (tertiary/aromatic N) is 3. The van der Waals surface area contributed by atoms with Crippen LogP contribution in [0.15, 0.2) is 77.4 Å². The predicted molar refractivity (Wildman–Crippen MR) is 99.4 cm³/mol. The Labute approximate surface area is 156 Å². The zero-order valence-electron chi connectivity index (χ0n) is 14.7. The first-order valence-electron chi connectivity index (χ1n) is 8.50. The van der Waals surface area contributed by atoms with Crippen molar-refractivity contribution in [2.24, 2.45) is 0 Å². The Kier molecular flexibility index (Phi) is 4.53. The summed E-state index contributed by atoms with van der Waals surface area (Å²) in [6.45, 7) is 1.83. The average molecular weight is 359 g/mol. The van der Waals surface area contributed by atoms with Crippen molar-refractivity contribution in [1.29, 1.82) is 0 Å². The normalized spacial score (nSPS) is 10.7. The topological polar surface area (TPSA) is 70.2 Å². The number of benzene rings is 2. The molecule has 0 spiro atoms. The summed E-state index contributed by atoms with van der Waals surface area (Å²) in [5.74, 6) is -0.466. The monoisotopic (exact) mass is 359 g/mol. The Balaban J connectivity index is 1.64. The molecule has 2 aromatic heterocycles. The number of carbonyl (C=O) groups is 1. The Morgan fingerprint density at radius 2 is 1.78 bits per heavy atom. The molecule has 0 amide bonds. The summed E-state index contributed by atoms with van der Waals surface area (Å²) in [5.41, 5.74) is 4.08. The third-order valence-corrected chi connectivity index (χ3v) is 4.05. The minimum absolute atomic E-state index is 0.0790. The third kappa shape index (κ3) is 3.64. The van der Waals surface area contributed by atoms with Crippen molar-refractivity contribution in [1.82, 2.24) is 14.9 Å². The number of hydrogen-bond donors (Lipinski definition) is 0. The highest BCUT2D eigenvalue weighted by Crippen LogP contribution is 2.24. The lowest BCUT2D eigenvalue weighted by molar-refractivity contribution is 0.0426. The van der Waals surface area contributed by atoms with Crippen LogP contribution in [-0.4, -0.2) is 20.9 Å². The number of rotatable bonds is 5. The molecule has 0 radical (unpaired) electrons. The van der Waals surface area contributed by atoms with E-state index in [0.29, 0.717) is 5.69 Å². The maximum Gasteiger partial charge on any atom is 0.377 e. The largest absolute Gasteiger partial charge is 0.455 e. The molecule has 0 bridgehead atoms. The third-order valence-electron chi connectivity index (χ3n) is 4.05. The molecule has 2 aromatic carbocycles. The molecule has 0 aliphatic carbocycles. The SMILES string of the molecule is Cc1cc(C(=O)OCc2cn(-c3ccccc3)nc2-c2ccccc2)on1. The van der Waals surface area contributed by atoms with Gasteiger partial charge in [-0.3, -0.25) is 0 Å². The van der Waals surface area contributed by atoms with Crippen LogP contribution in [0.5, 0.6) is 0 Å². The Hall–Kier alpha value is -3.67. The molecule has 0 aliphatic heterocycles. The minimum Gasteiger partial charge on any atom is -0.455 e. The summed E-state index contributed by atoms with van der Waals surface area (Å²) < 4.78 is 12.2. The summed E-state index contributed by atoms with van der Waals surface area (Å²) in [6, 6.07) is 21.1. The van der Waals surface area contributed by atoms with Crippen molar-refractivity contribution in [3.63, 3.8) is 0 Å². The van der Waals surface area contributed by atoms with Crippen molar-refractivity contribution in [3.8, 4) is 16.9 Å². The summed E-state index contributed by atoms with van der Waals surface area (Å²) in [5, 5.41) is 8.40. The number of para-hydroxylation sites is 1. The fourth-order valence-corrected chi connectivity index (χ4v) is 2.74. The molecule has 4 aromatic rings. The van der Waals surface area contributed by atoms with Gasteiger partial charge in [-0.2, -0.15) is 5.10 Å². The lowest BCUT2D eigenvalue weighted by Gasteiger charge is -2.03. The van der Waals surface area contributed by atoms with Crippen LogP contribution < -0.4 is 0 Å². The first kappa shape index (κ1) is 16.8. The first-order chi connectivity index (χ1) is 13.2. The molecule has 27 heavy (non-hydrogen) atoms. The standard InChI is InChI=1S/C21H17N3O3/c1-15-12-19(27-23-15)21(25)26-14-17-13-24(18-10-6-3-7-11-18)22-20(17)16-8-4-2-5-9-16/h2-13H,14H2,1H3. The summed E-state index contributed by atoms with van der Waals surface area (Å²) in [6.07, 6.45) is 1.87. The summed E-state index contributed by atoms with van der Waals surface area (Å²) in [4.78, 5) is 12.2. The van der Waals surface area contributed by atoms with Crippen molar-refractivity contribution >= 4 is 5.97 Å². The second kappa shape index (κ2) is 7.29. The van der Waals surface area contributed by atoms with E-state index < -0.39 is 5.97 Å². The van der Waals surface area contributed by atoms with Crippen LogP contribution in [0, 0.1) is 6.92 Å². The summed E-state index contributed by atoms with van der Waals surface area (Å²) >= 11 is 0. The molecule has 0 saturated heterocycles. The van der Waals surface area contributed by atoms with Crippen LogP contribution in [0.1, 0.15) is 21.8 Å². The fraction of sp³-hybridized carbons (Fsp3) is 0.0952. The quantitative estimate of drug-likeness (QED) is 0.500. The molecular formula is C21H17N3O3. The van der Waals surface area contributed by atoms with E-state index in [1.165, 1.54) is 0 Å². The lowest BCUT2D eigenvalue weighted by Crippen LogP contribution is -2.04. The average Bonchev–Trinajstić information content (AvgIpc) is 3.34. The van der Waals surface area contributed by atoms with E-state index >= 15 is 0 Å². The molecule has 0 unspecified atom stereocenters. The Bertz CT molecular complexity index is 1050. The van der Waals surface area contributed by atoms with Crippen LogP contribution in [0.2, 0.25) is 0 Å². The van der Waals surface area contributed by atoms with E-state index in [0.717, 1.165) is 22.5 Å². The Morgan fingerprint density at radius 3 is 2.44 bits per heavy atom. The predicted octanol–water partition coefficient (Wildman–Crippen LogP) is 4.19. The lowest BCUT2D eigenvalue weighted by atomic mass is 10.1. The van der Waals surface area contributed by atoms with Crippen LogP contribution in [-0.2, 0) is 11.3 Å². The number of aryl methyl sites for hydroxylation is 1. The fourth-order valence-electron chi connectivity index (χ4n) is 2.74. The van der Waals surface area contributed by atoms with E-state index in [9.17, 15) is 4.79 Å². The molecule has 134 valence electrons. The Morgan fingerprint density at radius 1 is 1.07 bits per heavy atom. The van der Waals surface area contributed by atoms with E-state index in [-0.39, 0.29) is 12.4 Å². The van der Waals surface area contributed by atoms with Crippen molar-refractivity contribution in [3.05, 3.63) is 89.9 Å². The molecule has 4 rings (SSSR count). The van der Waals surface area contributed by atoms with Crippen molar-refractivity contribution in [2.45, 2.75) is 13.5 Å².